The van der Waals surface area contributed by atoms with Crippen LogP contribution in [0.3, 0.4) is 0 Å². The fourth-order valence-electron chi connectivity index (χ4n) is 3.28. The molecule has 1 amide bonds. The number of anilines is 1. The van der Waals surface area contributed by atoms with Gasteiger partial charge in [0, 0.05) is 37.4 Å². The molecular formula is C18H21N3O2. The van der Waals surface area contributed by atoms with Crippen molar-refractivity contribution in [3.8, 4) is 6.07 Å². The Bertz CT molecular complexity index is 648. The maximum Gasteiger partial charge on any atom is 0.243 e. The fraction of sp³-hybridized carbons (Fsp3) is 0.500. The molecule has 0 unspecified atom stereocenters. The van der Waals surface area contributed by atoms with Gasteiger partial charge in [-0.1, -0.05) is 0 Å². The quantitative estimate of drug-likeness (QED) is 0.803. The highest BCUT2D eigenvalue weighted by atomic mass is 16.2. The van der Waals surface area contributed by atoms with Crippen LogP contribution in [-0.4, -0.2) is 42.8 Å². The SMILES string of the molecule is CC(=O)c1ccc(N2CCN(C(=O)C3(C#N)CCC3)CC2)cc1. The normalized spacial score (nSPS) is 19.7. The number of carbonyl (C=O) groups excluding carboxylic acids is 2. The number of nitriles is 1. The number of benzene rings is 1. The zero-order valence-corrected chi connectivity index (χ0v) is 13.4. The van der Waals surface area contributed by atoms with Gasteiger partial charge < -0.3 is 9.80 Å². The highest BCUT2D eigenvalue weighted by Crippen LogP contribution is 2.42. The largest absolute Gasteiger partial charge is 0.368 e. The summed E-state index contributed by atoms with van der Waals surface area (Å²) in [6.45, 7) is 4.37. The van der Waals surface area contributed by atoms with Crippen LogP contribution in [0.1, 0.15) is 36.5 Å². The summed E-state index contributed by atoms with van der Waals surface area (Å²) in [4.78, 5) is 27.9. The average Bonchev–Trinajstić information content (AvgIpc) is 2.54. The van der Waals surface area contributed by atoms with Crippen molar-refractivity contribution in [3.63, 3.8) is 0 Å². The molecule has 1 saturated carbocycles. The molecule has 1 heterocycles. The lowest BCUT2D eigenvalue weighted by molar-refractivity contribution is -0.143. The lowest BCUT2D eigenvalue weighted by Gasteiger charge is -2.42. The van der Waals surface area contributed by atoms with E-state index in [4.69, 9.17) is 0 Å². The maximum absolute atomic E-state index is 12.5. The number of hydrogen-bond donors (Lipinski definition) is 0. The maximum atomic E-state index is 12.5. The van der Waals surface area contributed by atoms with Crippen molar-refractivity contribution < 1.29 is 9.59 Å². The van der Waals surface area contributed by atoms with E-state index in [-0.39, 0.29) is 11.7 Å². The van der Waals surface area contributed by atoms with E-state index in [9.17, 15) is 14.9 Å². The summed E-state index contributed by atoms with van der Waals surface area (Å²) in [6.07, 6.45) is 2.38. The third kappa shape index (κ3) is 2.81. The second kappa shape index (κ2) is 6.04. The molecule has 0 N–H and O–H groups in total. The minimum absolute atomic E-state index is 0.0119. The van der Waals surface area contributed by atoms with Crippen molar-refractivity contribution in [3.05, 3.63) is 29.8 Å². The van der Waals surface area contributed by atoms with Gasteiger partial charge >= 0.3 is 0 Å². The van der Waals surface area contributed by atoms with Crippen LogP contribution in [0.15, 0.2) is 24.3 Å². The second-order valence-electron chi connectivity index (χ2n) is 6.43. The van der Waals surface area contributed by atoms with Crippen molar-refractivity contribution in [2.75, 3.05) is 31.1 Å². The third-order valence-corrected chi connectivity index (χ3v) is 5.04. The van der Waals surface area contributed by atoms with Crippen LogP contribution in [0.25, 0.3) is 0 Å². The monoisotopic (exact) mass is 311 g/mol. The average molecular weight is 311 g/mol. The van der Waals surface area contributed by atoms with Gasteiger partial charge in [-0.15, -0.1) is 0 Å². The Kier molecular flexibility index (Phi) is 4.08. The van der Waals surface area contributed by atoms with E-state index in [0.717, 1.165) is 25.2 Å². The molecule has 3 rings (SSSR count). The molecule has 2 fully saturated rings. The van der Waals surface area contributed by atoms with Crippen molar-refractivity contribution in [1.82, 2.24) is 4.90 Å². The summed E-state index contributed by atoms with van der Waals surface area (Å²) < 4.78 is 0. The zero-order valence-electron chi connectivity index (χ0n) is 13.4. The highest BCUT2D eigenvalue weighted by molar-refractivity contribution is 5.94. The Hall–Kier alpha value is -2.35. The molecule has 5 nitrogen and oxygen atoms in total. The van der Waals surface area contributed by atoms with Gasteiger partial charge in [-0.05, 0) is 50.5 Å². The molecule has 5 heteroatoms. The van der Waals surface area contributed by atoms with E-state index in [1.54, 1.807) is 6.92 Å². The Morgan fingerprint density at radius 3 is 2.13 bits per heavy atom. The lowest BCUT2D eigenvalue weighted by atomic mass is 9.69. The van der Waals surface area contributed by atoms with Crippen LogP contribution in [-0.2, 0) is 4.79 Å². The van der Waals surface area contributed by atoms with Gasteiger partial charge in [0.25, 0.3) is 0 Å². The number of carbonyl (C=O) groups is 2. The summed E-state index contributed by atoms with van der Waals surface area (Å²) >= 11 is 0. The zero-order chi connectivity index (χ0) is 16.4. The Morgan fingerprint density at radius 2 is 1.70 bits per heavy atom. The first-order valence-corrected chi connectivity index (χ1v) is 8.12. The summed E-state index contributed by atoms with van der Waals surface area (Å²) in [5, 5.41) is 9.30. The Morgan fingerprint density at radius 1 is 1.09 bits per heavy atom. The topological polar surface area (TPSA) is 64.4 Å². The van der Waals surface area contributed by atoms with E-state index in [2.05, 4.69) is 11.0 Å². The van der Waals surface area contributed by atoms with Crippen molar-refractivity contribution in [2.45, 2.75) is 26.2 Å². The highest BCUT2D eigenvalue weighted by Gasteiger charge is 2.47. The first-order valence-electron chi connectivity index (χ1n) is 8.12. The number of amides is 1. The molecule has 1 aliphatic carbocycles. The van der Waals surface area contributed by atoms with Gasteiger partial charge in [0.2, 0.25) is 5.91 Å². The first-order chi connectivity index (χ1) is 11.1. The molecule has 0 atom stereocenters. The van der Waals surface area contributed by atoms with E-state index in [0.29, 0.717) is 31.5 Å². The standard InChI is InChI=1S/C18H21N3O2/c1-14(22)15-3-5-16(6-4-15)20-9-11-21(12-10-20)17(23)18(13-19)7-2-8-18/h3-6H,2,7-12H2,1H3. The summed E-state index contributed by atoms with van der Waals surface area (Å²) in [7, 11) is 0. The summed E-state index contributed by atoms with van der Waals surface area (Å²) in [5.74, 6) is 0.0760. The molecule has 120 valence electrons. The van der Waals surface area contributed by atoms with Crippen LogP contribution < -0.4 is 4.90 Å². The van der Waals surface area contributed by atoms with E-state index in [1.165, 1.54) is 0 Å². The molecule has 0 radical (unpaired) electrons. The van der Waals surface area contributed by atoms with Gasteiger partial charge in [-0.3, -0.25) is 9.59 Å². The van der Waals surface area contributed by atoms with E-state index in [1.807, 2.05) is 29.2 Å². The predicted octanol–water partition coefficient (Wildman–Crippen LogP) is 2.23. The van der Waals surface area contributed by atoms with Crippen LogP contribution >= 0.6 is 0 Å². The molecule has 2 aliphatic rings. The molecule has 1 aromatic carbocycles. The molecule has 0 spiro atoms. The van der Waals surface area contributed by atoms with Crippen LogP contribution in [0.5, 0.6) is 0 Å². The number of Topliss-reactive ketones (excluding diaryl/α,β-unsaturated/α-hetero) is 1. The van der Waals surface area contributed by atoms with Crippen molar-refractivity contribution in [2.24, 2.45) is 5.41 Å². The van der Waals surface area contributed by atoms with Crippen LogP contribution in [0.4, 0.5) is 5.69 Å². The van der Waals surface area contributed by atoms with Crippen LogP contribution in [0, 0.1) is 16.7 Å². The van der Waals surface area contributed by atoms with Gasteiger partial charge in [0.1, 0.15) is 5.41 Å². The fourth-order valence-corrected chi connectivity index (χ4v) is 3.28. The van der Waals surface area contributed by atoms with Gasteiger partial charge in [-0.2, -0.15) is 5.26 Å². The summed E-state index contributed by atoms with van der Waals surface area (Å²) in [6, 6.07) is 9.83. The Labute approximate surface area is 136 Å². The molecule has 1 aliphatic heterocycles. The number of piperazine rings is 1. The third-order valence-electron chi connectivity index (χ3n) is 5.04. The van der Waals surface area contributed by atoms with E-state index < -0.39 is 5.41 Å². The number of rotatable bonds is 3. The molecular weight excluding hydrogens is 290 g/mol. The van der Waals surface area contributed by atoms with E-state index >= 15 is 0 Å². The number of nitrogens with zero attached hydrogens (tertiary/aromatic N) is 3. The smallest absolute Gasteiger partial charge is 0.243 e. The van der Waals surface area contributed by atoms with Gasteiger partial charge in [-0.25, -0.2) is 0 Å². The number of ketones is 1. The predicted molar refractivity (Wildman–Crippen MR) is 87.1 cm³/mol. The first kappa shape index (κ1) is 15.5. The minimum atomic E-state index is -0.745. The van der Waals surface area contributed by atoms with Crippen LogP contribution in [0.2, 0.25) is 0 Å². The second-order valence-corrected chi connectivity index (χ2v) is 6.43. The Balaban J connectivity index is 1.61. The minimum Gasteiger partial charge on any atom is -0.368 e. The summed E-state index contributed by atoms with van der Waals surface area (Å²) in [5.41, 5.74) is 1.04. The molecule has 23 heavy (non-hydrogen) atoms. The molecule has 1 aromatic rings. The van der Waals surface area contributed by atoms with Gasteiger partial charge in [0.15, 0.2) is 5.78 Å². The van der Waals surface area contributed by atoms with Gasteiger partial charge in [0.05, 0.1) is 6.07 Å². The lowest BCUT2D eigenvalue weighted by Crippen LogP contribution is -2.54. The number of hydrogen-bond acceptors (Lipinski definition) is 4. The van der Waals surface area contributed by atoms with Crippen molar-refractivity contribution in [1.29, 1.82) is 5.26 Å². The molecule has 1 saturated heterocycles. The van der Waals surface area contributed by atoms with Crippen molar-refractivity contribution >= 4 is 17.4 Å². The molecule has 0 bridgehead atoms. The molecule has 0 aromatic heterocycles.